The molecule has 10 nitrogen and oxygen atoms in total. The van der Waals surface area contributed by atoms with E-state index in [2.05, 4.69) is 4.90 Å². The molecule has 6 rings (SSSR count). The molecule has 4 aliphatic rings. The number of hydrogen-bond donors (Lipinski definition) is 0. The van der Waals surface area contributed by atoms with Crippen LogP contribution in [0, 0.1) is 5.92 Å². The number of carbonyl (C=O) groups excluding carboxylic acids is 4. The lowest BCUT2D eigenvalue weighted by Gasteiger charge is -2.39. The van der Waals surface area contributed by atoms with Gasteiger partial charge in [-0.05, 0) is 55.2 Å². The molecule has 0 saturated carbocycles. The summed E-state index contributed by atoms with van der Waals surface area (Å²) in [5.41, 5.74) is 4.09. The van der Waals surface area contributed by atoms with Crippen molar-refractivity contribution in [1.29, 1.82) is 0 Å². The molecule has 10 heteroatoms. The van der Waals surface area contributed by atoms with Crippen molar-refractivity contribution in [2.24, 2.45) is 5.92 Å². The van der Waals surface area contributed by atoms with Crippen LogP contribution in [0.4, 0.5) is 16.2 Å². The summed E-state index contributed by atoms with van der Waals surface area (Å²) in [6.07, 6.45) is 1.23. The molecule has 0 N–H and O–H groups in total. The maximum Gasteiger partial charge on any atom is 0.409 e. The lowest BCUT2D eigenvalue weighted by Crippen LogP contribution is -2.53. The highest BCUT2D eigenvalue weighted by molar-refractivity contribution is 6.36. The maximum atomic E-state index is 13.7. The molecule has 2 fully saturated rings. The lowest BCUT2D eigenvalue weighted by atomic mass is 9.94. The van der Waals surface area contributed by atoms with Gasteiger partial charge in [0.15, 0.2) is 0 Å². The zero-order chi connectivity index (χ0) is 27.1. The summed E-state index contributed by atoms with van der Waals surface area (Å²) in [6, 6.07) is 10.9. The minimum Gasteiger partial charge on any atom is -0.450 e. The molecule has 0 spiro atoms. The van der Waals surface area contributed by atoms with Gasteiger partial charge < -0.3 is 24.2 Å². The van der Waals surface area contributed by atoms with Crippen molar-refractivity contribution in [1.82, 2.24) is 9.80 Å². The van der Waals surface area contributed by atoms with Crippen LogP contribution in [0.2, 0.25) is 0 Å². The first-order valence-corrected chi connectivity index (χ1v) is 13.6. The van der Waals surface area contributed by atoms with Gasteiger partial charge in [0, 0.05) is 39.3 Å². The Morgan fingerprint density at radius 3 is 2.51 bits per heavy atom. The van der Waals surface area contributed by atoms with Gasteiger partial charge in [-0.3, -0.25) is 14.4 Å². The molecular formula is C29H32N4O6. The van der Waals surface area contributed by atoms with E-state index in [4.69, 9.17) is 9.47 Å². The van der Waals surface area contributed by atoms with E-state index in [0.717, 1.165) is 24.0 Å². The largest absolute Gasteiger partial charge is 0.450 e. The topological polar surface area (TPSA) is 99.7 Å². The van der Waals surface area contributed by atoms with Gasteiger partial charge in [-0.2, -0.15) is 0 Å². The molecule has 1 atom stereocenters. The number of piperazine rings is 1. The fourth-order valence-electron chi connectivity index (χ4n) is 6.04. The van der Waals surface area contributed by atoms with Gasteiger partial charge in [-0.1, -0.05) is 12.1 Å². The highest BCUT2D eigenvalue weighted by atomic mass is 16.6. The average molecular weight is 533 g/mol. The number of nitrogens with zero attached hydrogens (tertiary/aromatic N) is 4. The van der Waals surface area contributed by atoms with Crippen LogP contribution < -0.4 is 9.80 Å². The van der Waals surface area contributed by atoms with E-state index in [-0.39, 0.29) is 29.7 Å². The highest BCUT2D eigenvalue weighted by Crippen LogP contribution is 2.37. The van der Waals surface area contributed by atoms with Crippen molar-refractivity contribution < 1.29 is 28.7 Å². The van der Waals surface area contributed by atoms with E-state index in [1.54, 1.807) is 30.0 Å². The van der Waals surface area contributed by atoms with Gasteiger partial charge in [0.25, 0.3) is 11.8 Å². The van der Waals surface area contributed by atoms with Gasteiger partial charge in [-0.25, -0.2) is 9.69 Å². The van der Waals surface area contributed by atoms with Crippen molar-refractivity contribution in [3.05, 3.63) is 58.7 Å². The maximum absolute atomic E-state index is 13.7. The normalized spacial score (nSPS) is 20.8. The summed E-state index contributed by atoms with van der Waals surface area (Å²) in [6.45, 7) is 6.15. The minimum atomic E-state index is -0.340. The molecule has 2 aromatic rings. The van der Waals surface area contributed by atoms with Crippen molar-refractivity contribution in [3.8, 4) is 0 Å². The number of benzene rings is 2. The van der Waals surface area contributed by atoms with Gasteiger partial charge in [-0.15, -0.1) is 0 Å². The monoisotopic (exact) mass is 532 g/mol. The van der Waals surface area contributed by atoms with Crippen LogP contribution in [0.5, 0.6) is 0 Å². The fraction of sp³-hybridized carbons (Fsp3) is 0.448. The molecular weight excluding hydrogens is 500 g/mol. The summed E-state index contributed by atoms with van der Waals surface area (Å²) in [5.74, 6) is -0.822. The molecule has 39 heavy (non-hydrogen) atoms. The summed E-state index contributed by atoms with van der Waals surface area (Å²) in [7, 11) is 0. The molecule has 2 aromatic carbocycles. The van der Waals surface area contributed by atoms with Crippen LogP contribution in [-0.4, -0.2) is 79.5 Å². The first-order chi connectivity index (χ1) is 19.0. The second kappa shape index (κ2) is 10.3. The van der Waals surface area contributed by atoms with E-state index in [0.29, 0.717) is 81.6 Å². The first kappa shape index (κ1) is 25.4. The third-order valence-corrected chi connectivity index (χ3v) is 8.08. The van der Waals surface area contributed by atoms with E-state index in [1.807, 2.05) is 23.1 Å². The van der Waals surface area contributed by atoms with Crippen molar-refractivity contribution in [2.75, 3.05) is 55.7 Å². The van der Waals surface area contributed by atoms with Crippen molar-refractivity contribution in [3.63, 3.8) is 0 Å². The predicted molar refractivity (Wildman–Crippen MR) is 143 cm³/mol. The predicted octanol–water partition coefficient (Wildman–Crippen LogP) is 3.03. The van der Waals surface area contributed by atoms with Crippen molar-refractivity contribution >= 4 is 35.2 Å². The fourth-order valence-corrected chi connectivity index (χ4v) is 6.04. The number of piperidine rings is 1. The SMILES string of the molecule is CCOC(=O)N1CCN(C(=O)C2CCCN(c3cccc4c3C(=O)N(c3ccc5c(c3)COC5)C4=O)C2)CC1. The third kappa shape index (κ3) is 4.52. The molecule has 0 aromatic heterocycles. The van der Waals surface area contributed by atoms with Gasteiger partial charge in [0.05, 0.1) is 48.2 Å². The van der Waals surface area contributed by atoms with Crippen LogP contribution in [-0.2, 0) is 27.5 Å². The number of carbonyl (C=O) groups is 4. The Bertz CT molecular complexity index is 1340. The van der Waals surface area contributed by atoms with Crippen LogP contribution in [0.1, 0.15) is 51.6 Å². The van der Waals surface area contributed by atoms with E-state index in [1.165, 1.54) is 4.90 Å². The second-order valence-corrected chi connectivity index (χ2v) is 10.4. The quantitative estimate of drug-likeness (QED) is 0.558. The van der Waals surface area contributed by atoms with Crippen LogP contribution >= 0.6 is 0 Å². The molecule has 4 amide bonds. The summed E-state index contributed by atoms with van der Waals surface area (Å²) in [4.78, 5) is 59.3. The van der Waals surface area contributed by atoms with Crippen molar-refractivity contribution in [2.45, 2.75) is 33.0 Å². The van der Waals surface area contributed by atoms with E-state index in [9.17, 15) is 19.2 Å². The molecule has 0 bridgehead atoms. The Balaban J connectivity index is 1.18. The van der Waals surface area contributed by atoms with Crippen LogP contribution in [0.3, 0.4) is 0 Å². The lowest BCUT2D eigenvalue weighted by molar-refractivity contribution is -0.137. The summed E-state index contributed by atoms with van der Waals surface area (Å²) < 4.78 is 10.6. The second-order valence-electron chi connectivity index (χ2n) is 10.4. The van der Waals surface area contributed by atoms with Gasteiger partial charge >= 0.3 is 6.09 Å². The molecule has 4 aliphatic heterocycles. The number of rotatable bonds is 4. The molecule has 1 unspecified atom stereocenters. The molecule has 204 valence electrons. The smallest absolute Gasteiger partial charge is 0.409 e. The highest BCUT2D eigenvalue weighted by Gasteiger charge is 2.41. The standard InChI is InChI=1S/C29H32N4O6/c1-2-39-29(37)31-13-11-30(12-14-31)26(34)19-5-4-10-32(16-19)24-7-3-6-23-25(24)28(36)33(27(23)35)22-9-8-20-17-38-18-21(20)15-22/h3,6-9,15,19H,2,4-5,10-14,16-18H2,1H3. The first-order valence-electron chi connectivity index (χ1n) is 13.6. The number of ether oxygens (including phenoxy) is 2. The Kier molecular flexibility index (Phi) is 6.72. The molecule has 2 saturated heterocycles. The Labute approximate surface area is 227 Å². The number of hydrogen-bond acceptors (Lipinski definition) is 7. The summed E-state index contributed by atoms with van der Waals surface area (Å²) >= 11 is 0. The zero-order valence-electron chi connectivity index (χ0n) is 22.1. The van der Waals surface area contributed by atoms with Gasteiger partial charge in [0.1, 0.15) is 0 Å². The minimum absolute atomic E-state index is 0.0696. The molecule has 0 aliphatic carbocycles. The molecule has 4 heterocycles. The van der Waals surface area contributed by atoms with Crippen LogP contribution in [0.25, 0.3) is 0 Å². The zero-order valence-corrected chi connectivity index (χ0v) is 22.1. The number of amides is 4. The number of imide groups is 1. The Morgan fingerprint density at radius 2 is 1.72 bits per heavy atom. The van der Waals surface area contributed by atoms with Gasteiger partial charge in [0.2, 0.25) is 5.91 Å². The average Bonchev–Trinajstić information content (AvgIpc) is 3.54. The summed E-state index contributed by atoms with van der Waals surface area (Å²) in [5, 5.41) is 0. The number of fused-ring (bicyclic) bond motifs is 2. The Hall–Kier alpha value is -3.92. The third-order valence-electron chi connectivity index (χ3n) is 8.08. The number of anilines is 2. The van der Waals surface area contributed by atoms with Crippen LogP contribution in [0.15, 0.2) is 36.4 Å². The van der Waals surface area contributed by atoms with E-state index >= 15 is 0 Å². The Morgan fingerprint density at radius 1 is 0.949 bits per heavy atom. The van der Waals surface area contributed by atoms with E-state index < -0.39 is 0 Å². The molecule has 0 radical (unpaired) electrons.